The van der Waals surface area contributed by atoms with E-state index in [-0.39, 0.29) is 12.3 Å². The highest BCUT2D eigenvalue weighted by molar-refractivity contribution is 5.81. The average Bonchev–Trinajstić information content (AvgIpc) is 3.12. The van der Waals surface area contributed by atoms with Gasteiger partial charge in [0.25, 0.3) is 0 Å². The molecule has 0 spiro atoms. The SMILES string of the molecule is CCC1(C(=O)O)C=CC(C2CC2)C(C)(C(=O)O)C1. The van der Waals surface area contributed by atoms with Gasteiger partial charge in [0.05, 0.1) is 10.8 Å². The van der Waals surface area contributed by atoms with E-state index in [9.17, 15) is 19.8 Å². The molecular formula is C14H20O4. The zero-order valence-corrected chi connectivity index (χ0v) is 10.8. The van der Waals surface area contributed by atoms with E-state index in [1.807, 2.05) is 6.08 Å². The van der Waals surface area contributed by atoms with Gasteiger partial charge in [-0.1, -0.05) is 19.1 Å². The summed E-state index contributed by atoms with van der Waals surface area (Å²) in [4.78, 5) is 23.1. The highest BCUT2D eigenvalue weighted by Crippen LogP contribution is 2.55. The van der Waals surface area contributed by atoms with Crippen LogP contribution < -0.4 is 0 Å². The Hall–Kier alpha value is -1.32. The van der Waals surface area contributed by atoms with Crippen LogP contribution in [0.15, 0.2) is 12.2 Å². The number of carboxylic acid groups (broad SMARTS) is 2. The summed E-state index contributed by atoms with van der Waals surface area (Å²) in [6.07, 6.45) is 6.34. The molecule has 2 rings (SSSR count). The highest BCUT2D eigenvalue weighted by Gasteiger charge is 2.55. The van der Waals surface area contributed by atoms with Crippen molar-refractivity contribution in [3.63, 3.8) is 0 Å². The molecule has 0 amide bonds. The van der Waals surface area contributed by atoms with Crippen LogP contribution >= 0.6 is 0 Å². The van der Waals surface area contributed by atoms with Crippen LogP contribution in [0.3, 0.4) is 0 Å². The maximum Gasteiger partial charge on any atom is 0.313 e. The van der Waals surface area contributed by atoms with Gasteiger partial charge in [0.2, 0.25) is 0 Å². The number of carbonyl (C=O) groups is 2. The molecule has 0 aromatic carbocycles. The van der Waals surface area contributed by atoms with Gasteiger partial charge in [-0.05, 0) is 44.4 Å². The van der Waals surface area contributed by atoms with Gasteiger partial charge in [0, 0.05) is 0 Å². The standard InChI is InChI=1S/C14H20O4/c1-3-14(12(17)18)7-6-10(9-4-5-9)13(2,8-14)11(15)16/h6-7,9-10H,3-5,8H2,1-2H3,(H,15,16)(H,17,18). The first kappa shape index (κ1) is 13.1. The lowest BCUT2D eigenvalue weighted by molar-refractivity contribution is -0.159. The third-order valence-corrected chi connectivity index (χ3v) is 4.72. The molecule has 0 saturated heterocycles. The molecule has 0 aromatic rings. The first-order valence-electron chi connectivity index (χ1n) is 6.52. The van der Waals surface area contributed by atoms with Crippen LogP contribution in [-0.4, -0.2) is 22.2 Å². The summed E-state index contributed by atoms with van der Waals surface area (Å²) in [6, 6.07) is 0. The summed E-state index contributed by atoms with van der Waals surface area (Å²) in [5.74, 6) is -1.38. The molecule has 3 atom stereocenters. The van der Waals surface area contributed by atoms with Gasteiger partial charge in [-0.25, -0.2) is 0 Å². The summed E-state index contributed by atoms with van der Waals surface area (Å²) in [7, 11) is 0. The molecule has 1 saturated carbocycles. The number of rotatable bonds is 4. The van der Waals surface area contributed by atoms with Crippen molar-refractivity contribution in [2.45, 2.75) is 39.5 Å². The quantitative estimate of drug-likeness (QED) is 0.754. The van der Waals surface area contributed by atoms with Gasteiger partial charge in [-0.3, -0.25) is 9.59 Å². The minimum absolute atomic E-state index is 0.0194. The predicted octanol–water partition coefficient (Wildman–Crippen LogP) is 2.54. The molecule has 3 unspecified atom stereocenters. The zero-order valence-electron chi connectivity index (χ0n) is 10.8. The van der Waals surface area contributed by atoms with E-state index < -0.39 is 22.8 Å². The number of hydrogen-bond acceptors (Lipinski definition) is 2. The van der Waals surface area contributed by atoms with Crippen LogP contribution in [0.2, 0.25) is 0 Å². The van der Waals surface area contributed by atoms with Crippen molar-refractivity contribution >= 4 is 11.9 Å². The van der Waals surface area contributed by atoms with Crippen LogP contribution in [0.1, 0.15) is 39.5 Å². The van der Waals surface area contributed by atoms with Crippen molar-refractivity contribution < 1.29 is 19.8 Å². The molecule has 2 N–H and O–H groups in total. The van der Waals surface area contributed by atoms with Gasteiger partial charge in [0.15, 0.2) is 0 Å². The lowest BCUT2D eigenvalue weighted by atomic mass is 9.59. The normalized spacial score (nSPS) is 39.6. The Bertz CT molecular complexity index is 410. The van der Waals surface area contributed by atoms with E-state index in [2.05, 4.69) is 0 Å². The molecule has 2 aliphatic carbocycles. The van der Waals surface area contributed by atoms with E-state index in [0.29, 0.717) is 12.3 Å². The van der Waals surface area contributed by atoms with Crippen molar-refractivity contribution in [3.8, 4) is 0 Å². The van der Waals surface area contributed by atoms with Gasteiger partial charge < -0.3 is 10.2 Å². The third kappa shape index (κ3) is 1.84. The zero-order chi connectivity index (χ0) is 13.6. The van der Waals surface area contributed by atoms with Crippen LogP contribution in [0.5, 0.6) is 0 Å². The van der Waals surface area contributed by atoms with Crippen molar-refractivity contribution in [2.75, 3.05) is 0 Å². The lowest BCUT2D eigenvalue weighted by Crippen LogP contribution is -2.46. The highest BCUT2D eigenvalue weighted by atomic mass is 16.4. The predicted molar refractivity (Wildman–Crippen MR) is 66.1 cm³/mol. The molecule has 2 aliphatic rings. The maximum absolute atomic E-state index is 11.6. The van der Waals surface area contributed by atoms with E-state index in [0.717, 1.165) is 12.8 Å². The van der Waals surface area contributed by atoms with Crippen LogP contribution in [0.25, 0.3) is 0 Å². The van der Waals surface area contributed by atoms with Gasteiger partial charge in [-0.15, -0.1) is 0 Å². The summed E-state index contributed by atoms with van der Waals surface area (Å²) in [6.45, 7) is 3.51. The van der Waals surface area contributed by atoms with Crippen molar-refractivity contribution in [1.82, 2.24) is 0 Å². The smallest absolute Gasteiger partial charge is 0.313 e. The summed E-state index contributed by atoms with van der Waals surface area (Å²) < 4.78 is 0. The minimum Gasteiger partial charge on any atom is -0.481 e. The average molecular weight is 252 g/mol. The fourth-order valence-corrected chi connectivity index (χ4v) is 3.22. The van der Waals surface area contributed by atoms with E-state index >= 15 is 0 Å². The van der Waals surface area contributed by atoms with E-state index in [4.69, 9.17) is 0 Å². The van der Waals surface area contributed by atoms with Crippen LogP contribution in [0, 0.1) is 22.7 Å². The second-order valence-corrected chi connectivity index (χ2v) is 5.94. The Morgan fingerprint density at radius 2 is 1.89 bits per heavy atom. The molecule has 0 aromatic heterocycles. The number of aliphatic carboxylic acids is 2. The first-order valence-corrected chi connectivity index (χ1v) is 6.52. The Balaban J connectivity index is 2.41. The van der Waals surface area contributed by atoms with Crippen LogP contribution in [0.4, 0.5) is 0 Å². The molecule has 4 nitrogen and oxygen atoms in total. The second-order valence-electron chi connectivity index (χ2n) is 5.94. The van der Waals surface area contributed by atoms with Crippen molar-refractivity contribution in [2.24, 2.45) is 22.7 Å². The van der Waals surface area contributed by atoms with Gasteiger partial charge in [-0.2, -0.15) is 0 Å². The topological polar surface area (TPSA) is 74.6 Å². The summed E-state index contributed by atoms with van der Waals surface area (Å²) >= 11 is 0. The Morgan fingerprint density at radius 3 is 2.28 bits per heavy atom. The molecule has 0 heterocycles. The monoisotopic (exact) mass is 252 g/mol. The fourth-order valence-electron chi connectivity index (χ4n) is 3.22. The molecule has 0 aliphatic heterocycles. The summed E-state index contributed by atoms with van der Waals surface area (Å²) in [5, 5.41) is 18.9. The van der Waals surface area contributed by atoms with E-state index in [1.54, 1.807) is 19.9 Å². The molecule has 0 bridgehead atoms. The maximum atomic E-state index is 11.6. The molecule has 100 valence electrons. The Labute approximate surface area is 107 Å². The minimum atomic E-state index is -1.02. The van der Waals surface area contributed by atoms with Gasteiger partial charge in [0.1, 0.15) is 0 Å². The number of hydrogen-bond donors (Lipinski definition) is 2. The largest absolute Gasteiger partial charge is 0.481 e. The van der Waals surface area contributed by atoms with Crippen molar-refractivity contribution in [1.29, 1.82) is 0 Å². The van der Waals surface area contributed by atoms with E-state index in [1.165, 1.54) is 0 Å². The molecule has 0 radical (unpaired) electrons. The molecule has 18 heavy (non-hydrogen) atoms. The number of carboxylic acids is 2. The molecule has 1 fully saturated rings. The third-order valence-electron chi connectivity index (χ3n) is 4.72. The van der Waals surface area contributed by atoms with Crippen LogP contribution in [-0.2, 0) is 9.59 Å². The van der Waals surface area contributed by atoms with Gasteiger partial charge >= 0.3 is 11.9 Å². The Morgan fingerprint density at radius 1 is 1.28 bits per heavy atom. The Kier molecular flexibility index (Phi) is 2.99. The lowest BCUT2D eigenvalue weighted by Gasteiger charge is -2.42. The fraction of sp³-hybridized carbons (Fsp3) is 0.714. The first-order chi connectivity index (χ1) is 8.35. The van der Waals surface area contributed by atoms with Crippen molar-refractivity contribution in [3.05, 3.63) is 12.2 Å². The molecule has 4 heteroatoms. The molecular weight excluding hydrogens is 232 g/mol. The summed E-state index contributed by atoms with van der Waals surface area (Å²) in [5.41, 5.74) is -1.97. The second kappa shape index (κ2) is 4.11. The number of allylic oxidation sites excluding steroid dienone is 1.